The van der Waals surface area contributed by atoms with Gasteiger partial charge < -0.3 is 14.5 Å². The number of anilines is 2. The van der Waals surface area contributed by atoms with Crippen molar-refractivity contribution in [1.82, 2.24) is 4.90 Å². The van der Waals surface area contributed by atoms with Crippen LogP contribution in [0.15, 0.2) is 48.5 Å². The number of fused-ring (bicyclic) bond motifs is 1. The van der Waals surface area contributed by atoms with Gasteiger partial charge in [0.15, 0.2) is 0 Å². The molecule has 0 spiro atoms. The van der Waals surface area contributed by atoms with Gasteiger partial charge in [-0.1, -0.05) is 18.2 Å². The molecule has 1 fully saturated rings. The molecule has 0 unspecified atom stereocenters. The van der Waals surface area contributed by atoms with E-state index in [2.05, 4.69) is 4.90 Å². The van der Waals surface area contributed by atoms with Crippen LogP contribution in [0.3, 0.4) is 0 Å². The first-order chi connectivity index (χ1) is 15.7. The number of halogens is 1. The second-order valence-corrected chi connectivity index (χ2v) is 9.36. The smallest absolute Gasteiger partial charge is 0.414 e. The Hall–Kier alpha value is -3.35. The highest BCUT2D eigenvalue weighted by Gasteiger charge is 2.30. The van der Waals surface area contributed by atoms with Crippen LogP contribution in [-0.2, 0) is 16.0 Å². The maximum atomic E-state index is 13.2. The molecule has 2 aliphatic rings. The number of carbonyl (C=O) groups excluding carboxylic acids is 2. The Morgan fingerprint density at radius 3 is 2.33 bits per heavy atom. The molecule has 6 nitrogen and oxygen atoms in total. The molecule has 7 heteroatoms. The predicted molar refractivity (Wildman–Crippen MR) is 128 cm³/mol. The quantitative estimate of drug-likeness (QED) is 0.646. The van der Waals surface area contributed by atoms with Crippen LogP contribution < -0.4 is 9.80 Å². The number of carbonyl (C=O) groups is 2. The molecule has 2 heterocycles. The highest BCUT2D eigenvalue weighted by Crippen LogP contribution is 2.34. The van der Waals surface area contributed by atoms with Crippen molar-refractivity contribution in [3.05, 3.63) is 65.5 Å². The van der Waals surface area contributed by atoms with E-state index >= 15 is 0 Å². The molecule has 174 valence electrons. The van der Waals surface area contributed by atoms with E-state index in [1.807, 2.05) is 43.9 Å². The second kappa shape index (κ2) is 9.25. The van der Waals surface area contributed by atoms with Gasteiger partial charge in [-0.2, -0.15) is 0 Å². The molecule has 2 aliphatic heterocycles. The molecule has 0 N–H and O–H groups in total. The highest BCUT2D eigenvalue weighted by atomic mass is 19.1. The number of nitrogens with zero attached hydrogens (tertiary/aromatic N) is 3. The van der Waals surface area contributed by atoms with Crippen LogP contribution in [0.5, 0.6) is 0 Å². The van der Waals surface area contributed by atoms with Crippen LogP contribution in [0.4, 0.5) is 20.6 Å². The summed E-state index contributed by atoms with van der Waals surface area (Å²) >= 11 is 0. The van der Waals surface area contributed by atoms with Crippen molar-refractivity contribution in [3.8, 4) is 0 Å². The topological polar surface area (TPSA) is 53.1 Å². The summed E-state index contributed by atoms with van der Waals surface area (Å²) in [6.45, 7) is 8.69. The van der Waals surface area contributed by atoms with Crippen LogP contribution in [0.25, 0.3) is 6.08 Å². The number of rotatable bonds is 3. The number of benzene rings is 2. The molecule has 0 atom stereocenters. The summed E-state index contributed by atoms with van der Waals surface area (Å²) in [6.07, 6.45) is 3.76. The van der Waals surface area contributed by atoms with Crippen molar-refractivity contribution in [1.29, 1.82) is 0 Å². The summed E-state index contributed by atoms with van der Waals surface area (Å²) in [5.41, 5.74) is 3.10. The zero-order valence-electron chi connectivity index (χ0n) is 19.4. The van der Waals surface area contributed by atoms with Crippen LogP contribution in [0.2, 0.25) is 0 Å². The lowest BCUT2D eigenvalue weighted by atomic mass is 10.1. The number of amides is 2. The molecule has 2 aromatic carbocycles. The lowest BCUT2D eigenvalue weighted by molar-refractivity contribution is -0.126. The summed E-state index contributed by atoms with van der Waals surface area (Å²) in [5, 5.41) is 0. The van der Waals surface area contributed by atoms with Crippen LogP contribution in [0, 0.1) is 5.82 Å². The molecule has 0 saturated carbocycles. The molecule has 4 rings (SSSR count). The molecule has 0 radical (unpaired) electrons. The van der Waals surface area contributed by atoms with Crippen molar-refractivity contribution < 1.29 is 18.7 Å². The van der Waals surface area contributed by atoms with Crippen molar-refractivity contribution >= 4 is 29.5 Å². The van der Waals surface area contributed by atoms with E-state index in [0.29, 0.717) is 32.7 Å². The van der Waals surface area contributed by atoms with Gasteiger partial charge in [0.2, 0.25) is 5.91 Å². The summed E-state index contributed by atoms with van der Waals surface area (Å²) in [6, 6.07) is 12.3. The molecule has 2 aromatic rings. The first kappa shape index (κ1) is 22.8. The average molecular weight is 452 g/mol. The zero-order chi connectivity index (χ0) is 23.6. The molecular weight excluding hydrogens is 421 g/mol. The van der Waals surface area contributed by atoms with E-state index in [1.54, 1.807) is 29.2 Å². The minimum absolute atomic E-state index is 0.0619. The van der Waals surface area contributed by atoms with E-state index in [4.69, 9.17) is 4.74 Å². The maximum Gasteiger partial charge on any atom is 0.414 e. The Morgan fingerprint density at radius 1 is 0.970 bits per heavy atom. The van der Waals surface area contributed by atoms with Gasteiger partial charge in [-0.25, -0.2) is 9.18 Å². The Morgan fingerprint density at radius 2 is 1.67 bits per heavy atom. The van der Waals surface area contributed by atoms with Crippen LogP contribution >= 0.6 is 0 Å². The van der Waals surface area contributed by atoms with Gasteiger partial charge in [-0.3, -0.25) is 9.69 Å². The minimum Gasteiger partial charge on any atom is -0.443 e. The fourth-order valence-corrected chi connectivity index (χ4v) is 4.22. The van der Waals surface area contributed by atoms with E-state index < -0.39 is 5.60 Å². The first-order valence-corrected chi connectivity index (χ1v) is 11.3. The third-order valence-electron chi connectivity index (χ3n) is 5.83. The molecular formula is C26H30FN3O3. The van der Waals surface area contributed by atoms with E-state index in [9.17, 15) is 14.0 Å². The van der Waals surface area contributed by atoms with E-state index in [-0.39, 0.29) is 17.8 Å². The van der Waals surface area contributed by atoms with E-state index in [0.717, 1.165) is 28.9 Å². The van der Waals surface area contributed by atoms with Gasteiger partial charge >= 0.3 is 6.09 Å². The fourth-order valence-electron chi connectivity index (χ4n) is 4.22. The van der Waals surface area contributed by atoms with Crippen LogP contribution in [-0.4, -0.2) is 55.2 Å². The minimum atomic E-state index is -0.573. The number of hydrogen-bond acceptors (Lipinski definition) is 4. The Bertz CT molecular complexity index is 1050. The standard InChI is InChI=1S/C26H30FN3O3/c1-26(2,3)33-25(32)30-14-13-20-6-4-5-19(24(20)30)7-12-23(31)29-17-15-28(16-18-29)22-10-8-21(27)9-11-22/h4-12H,13-18H2,1-3H3. The molecule has 0 bridgehead atoms. The Labute approximate surface area is 194 Å². The van der Waals surface area contributed by atoms with Gasteiger partial charge in [-0.15, -0.1) is 0 Å². The molecule has 33 heavy (non-hydrogen) atoms. The predicted octanol–water partition coefficient (Wildman–Crippen LogP) is 4.49. The largest absolute Gasteiger partial charge is 0.443 e. The van der Waals surface area contributed by atoms with Crippen molar-refractivity contribution in [3.63, 3.8) is 0 Å². The lowest BCUT2D eigenvalue weighted by Crippen LogP contribution is -2.48. The van der Waals surface area contributed by atoms with Gasteiger partial charge in [-0.05, 0) is 68.7 Å². The molecule has 1 saturated heterocycles. The molecule has 0 aromatic heterocycles. The van der Waals surface area contributed by atoms with E-state index in [1.165, 1.54) is 12.1 Å². The summed E-state index contributed by atoms with van der Waals surface area (Å²) in [4.78, 5) is 31.2. The van der Waals surface area contributed by atoms with Gasteiger partial charge in [0, 0.05) is 44.5 Å². The van der Waals surface area contributed by atoms with Gasteiger partial charge in [0.1, 0.15) is 11.4 Å². The molecule has 0 aliphatic carbocycles. The first-order valence-electron chi connectivity index (χ1n) is 11.3. The average Bonchev–Trinajstić information content (AvgIpc) is 3.22. The van der Waals surface area contributed by atoms with Crippen molar-refractivity contribution in [2.24, 2.45) is 0 Å². The van der Waals surface area contributed by atoms with Gasteiger partial charge in [0.05, 0.1) is 5.69 Å². The van der Waals surface area contributed by atoms with Gasteiger partial charge in [0.25, 0.3) is 0 Å². The third-order valence-corrected chi connectivity index (χ3v) is 5.83. The molecule has 2 amide bonds. The number of para-hydroxylation sites is 1. The third kappa shape index (κ3) is 5.35. The monoisotopic (exact) mass is 451 g/mol. The maximum absolute atomic E-state index is 13.2. The number of piperazine rings is 1. The van der Waals surface area contributed by atoms with Crippen molar-refractivity contribution in [2.75, 3.05) is 42.5 Å². The normalized spacial score (nSPS) is 16.3. The number of ether oxygens (including phenoxy) is 1. The lowest BCUT2D eigenvalue weighted by Gasteiger charge is -2.35. The Kier molecular flexibility index (Phi) is 6.40. The summed E-state index contributed by atoms with van der Waals surface area (Å²) < 4.78 is 18.7. The second-order valence-electron chi connectivity index (χ2n) is 9.36. The zero-order valence-corrected chi connectivity index (χ0v) is 19.4. The summed E-state index contributed by atoms with van der Waals surface area (Å²) in [5.74, 6) is -0.316. The SMILES string of the molecule is CC(C)(C)OC(=O)N1CCc2cccc(C=CC(=O)N3CCN(c4ccc(F)cc4)CC3)c21. The summed E-state index contributed by atoms with van der Waals surface area (Å²) in [7, 11) is 0. The number of hydrogen-bond donors (Lipinski definition) is 0. The van der Waals surface area contributed by atoms with Crippen LogP contribution in [0.1, 0.15) is 31.9 Å². The highest BCUT2D eigenvalue weighted by molar-refractivity contribution is 5.97. The Balaban J connectivity index is 1.42. The van der Waals surface area contributed by atoms with Crippen molar-refractivity contribution in [2.45, 2.75) is 32.8 Å². The fraction of sp³-hybridized carbons (Fsp3) is 0.385.